The number of carbonyl (C=O) groups is 1. The van der Waals surface area contributed by atoms with Crippen molar-refractivity contribution in [3.8, 4) is 0 Å². The van der Waals surface area contributed by atoms with E-state index < -0.39 is 8.32 Å². The predicted molar refractivity (Wildman–Crippen MR) is 173 cm³/mol. The first-order chi connectivity index (χ1) is 19.5. The smallest absolute Gasteiger partial charge is 0.261 e. The number of allylic oxidation sites excluding steroid dienone is 4. The zero-order valence-electron chi connectivity index (χ0n) is 26.2. The number of rotatable bonds is 6. The molecule has 2 aromatic rings. The maximum absolute atomic E-state index is 12.2. The summed E-state index contributed by atoms with van der Waals surface area (Å²) in [5.74, 6) is 3.55. The van der Waals surface area contributed by atoms with Gasteiger partial charge >= 0.3 is 0 Å². The van der Waals surface area contributed by atoms with Crippen LogP contribution in [0.25, 0.3) is 0 Å². The molecule has 0 amide bonds. The van der Waals surface area contributed by atoms with Crippen LogP contribution in [0.1, 0.15) is 80.1 Å². The molecule has 4 aliphatic carbocycles. The van der Waals surface area contributed by atoms with E-state index in [-0.39, 0.29) is 10.5 Å². The van der Waals surface area contributed by atoms with E-state index in [0.29, 0.717) is 34.9 Å². The van der Waals surface area contributed by atoms with Crippen LogP contribution in [-0.4, -0.2) is 20.7 Å². The van der Waals surface area contributed by atoms with E-state index in [1.807, 2.05) is 6.08 Å². The topological polar surface area (TPSA) is 26.3 Å². The second kappa shape index (κ2) is 10.5. The molecule has 2 fully saturated rings. The van der Waals surface area contributed by atoms with Crippen LogP contribution < -0.4 is 10.4 Å². The maximum atomic E-state index is 12.2. The Morgan fingerprint density at radius 1 is 0.902 bits per heavy atom. The third kappa shape index (κ3) is 4.57. The lowest BCUT2D eigenvalue weighted by Crippen LogP contribution is -2.67. The van der Waals surface area contributed by atoms with Crippen LogP contribution in [0.15, 0.2) is 84.5 Å². The van der Waals surface area contributed by atoms with Crippen molar-refractivity contribution in [1.82, 2.24) is 0 Å². The second-order valence-electron chi connectivity index (χ2n) is 15.3. The summed E-state index contributed by atoms with van der Waals surface area (Å²) in [7, 11) is -2.54. The normalized spacial score (nSPS) is 33.9. The van der Waals surface area contributed by atoms with Gasteiger partial charge in [0.05, 0.1) is 0 Å². The number of ketones is 1. The molecule has 2 nitrogen and oxygen atoms in total. The molecule has 4 aliphatic rings. The SMILES string of the molecule is C[C@H](CO[Si](c1ccccc1)(c1ccccc1)C(C)(C)C)C1CCC2C3C=CC4=CC(=O)CC[C@]4(C)C3CC[C@@]21C. The molecule has 0 heterocycles. The van der Waals surface area contributed by atoms with Crippen LogP contribution in [0, 0.1) is 40.4 Å². The number of fused-ring (bicyclic) bond motifs is 5. The lowest BCUT2D eigenvalue weighted by molar-refractivity contribution is -0.116. The van der Waals surface area contributed by atoms with Crippen molar-refractivity contribution in [2.24, 2.45) is 40.4 Å². The molecule has 2 aromatic carbocycles. The van der Waals surface area contributed by atoms with Crippen molar-refractivity contribution >= 4 is 24.5 Å². The minimum Gasteiger partial charge on any atom is -0.407 e. The van der Waals surface area contributed by atoms with Gasteiger partial charge in [0, 0.05) is 13.0 Å². The van der Waals surface area contributed by atoms with Gasteiger partial charge in [-0.15, -0.1) is 0 Å². The summed E-state index contributed by atoms with van der Waals surface area (Å²) < 4.78 is 7.45. The maximum Gasteiger partial charge on any atom is 0.261 e. The lowest BCUT2D eigenvalue weighted by Gasteiger charge is -2.56. The molecule has 0 radical (unpaired) electrons. The van der Waals surface area contributed by atoms with Crippen molar-refractivity contribution in [2.45, 2.75) is 85.1 Å². The Morgan fingerprint density at radius 2 is 1.54 bits per heavy atom. The van der Waals surface area contributed by atoms with Crippen molar-refractivity contribution in [3.63, 3.8) is 0 Å². The summed E-state index contributed by atoms with van der Waals surface area (Å²) >= 11 is 0. The van der Waals surface area contributed by atoms with Crippen LogP contribution in [0.4, 0.5) is 0 Å². The highest BCUT2D eigenvalue weighted by atomic mass is 28.4. The van der Waals surface area contributed by atoms with Gasteiger partial charge in [0.1, 0.15) is 0 Å². The van der Waals surface area contributed by atoms with Crippen LogP contribution in [0.2, 0.25) is 5.04 Å². The number of carbonyl (C=O) groups excluding carboxylic acids is 1. The van der Waals surface area contributed by atoms with Crippen LogP contribution in [0.5, 0.6) is 0 Å². The molecule has 0 saturated heterocycles. The zero-order valence-corrected chi connectivity index (χ0v) is 27.2. The Hall–Kier alpha value is -2.23. The Kier molecular flexibility index (Phi) is 7.38. The van der Waals surface area contributed by atoms with E-state index in [1.54, 1.807) is 0 Å². The molecule has 6 rings (SSSR count). The minimum atomic E-state index is -2.54. The van der Waals surface area contributed by atoms with Gasteiger partial charge in [0.2, 0.25) is 0 Å². The van der Waals surface area contributed by atoms with E-state index in [0.717, 1.165) is 25.4 Å². The molecular formula is C38H50O2Si. The third-order valence-corrected chi connectivity index (χ3v) is 17.3. The summed E-state index contributed by atoms with van der Waals surface area (Å²) in [6, 6.07) is 22.2. The van der Waals surface area contributed by atoms with Crippen molar-refractivity contribution in [3.05, 3.63) is 84.5 Å². The van der Waals surface area contributed by atoms with E-state index in [1.165, 1.54) is 41.6 Å². The highest BCUT2D eigenvalue weighted by molar-refractivity contribution is 6.99. The molecule has 4 unspecified atom stereocenters. The average Bonchev–Trinajstić information content (AvgIpc) is 3.31. The third-order valence-electron chi connectivity index (χ3n) is 12.3. The van der Waals surface area contributed by atoms with Gasteiger partial charge in [-0.25, -0.2) is 0 Å². The van der Waals surface area contributed by atoms with Gasteiger partial charge in [-0.3, -0.25) is 4.79 Å². The zero-order chi connectivity index (χ0) is 29.0. The molecular weight excluding hydrogens is 517 g/mol. The molecule has 41 heavy (non-hydrogen) atoms. The first-order valence-corrected chi connectivity index (χ1v) is 18.1. The van der Waals surface area contributed by atoms with E-state index in [4.69, 9.17) is 4.43 Å². The van der Waals surface area contributed by atoms with Gasteiger partial charge in [0.15, 0.2) is 5.78 Å². The molecule has 2 saturated carbocycles. The number of benzene rings is 2. The largest absolute Gasteiger partial charge is 0.407 e. The molecule has 3 heteroatoms. The monoisotopic (exact) mass is 566 g/mol. The van der Waals surface area contributed by atoms with Crippen molar-refractivity contribution in [2.75, 3.05) is 6.61 Å². The number of hydrogen-bond donors (Lipinski definition) is 0. The molecule has 0 N–H and O–H groups in total. The van der Waals surface area contributed by atoms with E-state index >= 15 is 0 Å². The lowest BCUT2D eigenvalue weighted by atomic mass is 9.48. The van der Waals surface area contributed by atoms with E-state index in [9.17, 15) is 4.79 Å². The fourth-order valence-electron chi connectivity index (χ4n) is 10.1. The molecule has 218 valence electrons. The first kappa shape index (κ1) is 28.9. The quantitative estimate of drug-likeness (QED) is 0.330. The molecule has 0 aromatic heterocycles. The average molecular weight is 567 g/mol. The summed E-state index contributed by atoms with van der Waals surface area (Å²) in [5, 5.41) is 2.75. The van der Waals surface area contributed by atoms with Crippen LogP contribution in [-0.2, 0) is 9.22 Å². The Morgan fingerprint density at radius 3 is 2.15 bits per heavy atom. The summed E-state index contributed by atoms with van der Waals surface area (Å²) in [4.78, 5) is 12.2. The Balaban J connectivity index is 1.27. The molecule has 0 aliphatic heterocycles. The molecule has 7 atom stereocenters. The van der Waals surface area contributed by atoms with E-state index in [2.05, 4.69) is 114 Å². The van der Waals surface area contributed by atoms with Crippen molar-refractivity contribution < 1.29 is 9.22 Å². The fourth-order valence-corrected chi connectivity index (χ4v) is 14.8. The predicted octanol–water partition coefficient (Wildman–Crippen LogP) is 8.12. The van der Waals surface area contributed by atoms with Crippen molar-refractivity contribution in [1.29, 1.82) is 0 Å². The second-order valence-corrected chi connectivity index (χ2v) is 19.6. The highest BCUT2D eigenvalue weighted by Crippen LogP contribution is 2.66. The summed E-state index contributed by atoms with van der Waals surface area (Å²) in [6.45, 7) is 15.5. The number of hydrogen-bond acceptors (Lipinski definition) is 2. The highest BCUT2D eigenvalue weighted by Gasteiger charge is 2.59. The van der Waals surface area contributed by atoms with Crippen LogP contribution in [0.3, 0.4) is 0 Å². The fraction of sp³-hybridized carbons (Fsp3) is 0.553. The van der Waals surface area contributed by atoms with Gasteiger partial charge in [0.25, 0.3) is 8.32 Å². The van der Waals surface area contributed by atoms with Gasteiger partial charge < -0.3 is 4.43 Å². The molecule has 0 bridgehead atoms. The summed E-state index contributed by atoms with van der Waals surface area (Å²) in [5.41, 5.74) is 1.83. The molecule has 0 spiro atoms. The van der Waals surface area contributed by atoms with Gasteiger partial charge in [-0.1, -0.05) is 114 Å². The van der Waals surface area contributed by atoms with Gasteiger partial charge in [-0.2, -0.15) is 0 Å². The first-order valence-electron chi connectivity index (χ1n) is 16.2. The standard InChI is InChI=1S/C38H50O2Si/c1-27(26-40-41(36(2,3)4,30-13-9-7-10-14-30)31-15-11-8-12-16-31)33-19-20-34-32-18-17-28-25-29(39)21-23-37(28,5)35(32)22-24-38(33,34)6/h7-18,25,27,32-35H,19-24,26H2,1-6H3/t27-,32?,33?,34?,35?,37+,38-/m1/s1. The van der Waals surface area contributed by atoms with Gasteiger partial charge in [-0.05, 0) is 99.6 Å². The van der Waals surface area contributed by atoms with Crippen LogP contribution >= 0.6 is 0 Å². The summed E-state index contributed by atoms with van der Waals surface area (Å²) in [6.07, 6.45) is 13.8. The Labute approximate surface area is 249 Å². The minimum absolute atomic E-state index is 0.00450. The Bertz CT molecular complexity index is 1280.